The van der Waals surface area contributed by atoms with E-state index >= 15 is 0 Å². The van der Waals surface area contributed by atoms with Crippen LogP contribution in [0.4, 0.5) is 0 Å². The lowest BCUT2D eigenvalue weighted by Gasteiger charge is -2.21. The second-order valence-corrected chi connectivity index (χ2v) is 8.42. The summed E-state index contributed by atoms with van der Waals surface area (Å²) in [6.07, 6.45) is 2.24. The average Bonchev–Trinajstić information content (AvgIpc) is 3.07. The highest BCUT2D eigenvalue weighted by molar-refractivity contribution is 14.0. The normalized spacial score (nSPS) is 17.8. The van der Waals surface area contributed by atoms with E-state index in [9.17, 15) is 8.42 Å². The van der Waals surface area contributed by atoms with Gasteiger partial charge in [0, 0.05) is 26.2 Å². The minimum atomic E-state index is -3.15. The smallest absolute Gasteiger partial charge is 0.211 e. The van der Waals surface area contributed by atoms with Crippen molar-refractivity contribution in [3.8, 4) is 0 Å². The largest absolute Gasteiger partial charge is 0.357 e. The number of hydrogen-bond acceptors (Lipinski definition) is 3. The highest BCUT2D eigenvalue weighted by atomic mass is 127. The molecular formula is C18H31IN4O2S. The Kier molecular flexibility index (Phi) is 10.5. The zero-order valence-corrected chi connectivity index (χ0v) is 18.8. The number of rotatable bonds is 8. The molecule has 1 aromatic rings. The van der Waals surface area contributed by atoms with Gasteiger partial charge in [-0.15, -0.1) is 24.0 Å². The molecule has 0 aromatic heterocycles. The molecule has 26 heavy (non-hydrogen) atoms. The minimum absolute atomic E-state index is 0. The summed E-state index contributed by atoms with van der Waals surface area (Å²) in [4.78, 5) is 6.86. The Hall–Kier alpha value is -0.870. The number of aliphatic imine (C=N–C) groups is 1. The van der Waals surface area contributed by atoms with E-state index in [4.69, 9.17) is 0 Å². The van der Waals surface area contributed by atoms with Crippen molar-refractivity contribution in [1.29, 1.82) is 0 Å². The van der Waals surface area contributed by atoms with Gasteiger partial charge >= 0.3 is 0 Å². The van der Waals surface area contributed by atoms with Gasteiger partial charge in [-0.25, -0.2) is 13.1 Å². The summed E-state index contributed by atoms with van der Waals surface area (Å²) < 4.78 is 25.5. The van der Waals surface area contributed by atoms with Gasteiger partial charge in [0.05, 0.1) is 12.3 Å². The maximum Gasteiger partial charge on any atom is 0.211 e. The Bertz CT molecular complexity index is 652. The summed E-state index contributed by atoms with van der Waals surface area (Å²) in [5, 5.41) is 3.32. The maximum absolute atomic E-state index is 11.5. The molecule has 1 unspecified atom stereocenters. The third-order valence-electron chi connectivity index (χ3n) is 4.36. The second-order valence-electron chi connectivity index (χ2n) is 6.32. The van der Waals surface area contributed by atoms with Crippen molar-refractivity contribution in [3.05, 3.63) is 35.9 Å². The first-order chi connectivity index (χ1) is 12.0. The van der Waals surface area contributed by atoms with Crippen LogP contribution in [0, 0.1) is 5.92 Å². The SMILES string of the molecule is CCNC(=NCCNS(=O)(=O)CC)N1CCC(Cc2ccccc2)C1.I. The van der Waals surface area contributed by atoms with E-state index in [-0.39, 0.29) is 29.7 Å². The van der Waals surface area contributed by atoms with E-state index in [0.717, 1.165) is 38.4 Å². The summed E-state index contributed by atoms with van der Waals surface area (Å²) in [6, 6.07) is 10.6. The van der Waals surface area contributed by atoms with Crippen molar-refractivity contribution < 1.29 is 8.42 Å². The minimum Gasteiger partial charge on any atom is -0.357 e. The van der Waals surface area contributed by atoms with Gasteiger partial charge in [0.15, 0.2) is 5.96 Å². The Balaban J connectivity index is 0.00000338. The summed E-state index contributed by atoms with van der Waals surface area (Å²) in [5.74, 6) is 1.61. The van der Waals surface area contributed by atoms with Crippen LogP contribution >= 0.6 is 24.0 Å². The number of nitrogens with zero attached hydrogens (tertiary/aromatic N) is 2. The van der Waals surface area contributed by atoms with E-state index in [0.29, 0.717) is 19.0 Å². The molecule has 1 heterocycles. The molecule has 2 rings (SSSR count). The molecule has 0 radical (unpaired) electrons. The fourth-order valence-corrected chi connectivity index (χ4v) is 3.64. The van der Waals surface area contributed by atoms with Crippen molar-refractivity contribution >= 4 is 40.0 Å². The number of likely N-dealkylation sites (tertiary alicyclic amines) is 1. The molecule has 1 aliphatic rings. The summed E-state index contributed by atoms with van der Waals surface area (Å²) in [6.45, 7) is 7.25. The molecule has 0 aliphatic carbocycles. The molecule has 0 saturated carbocycles. The van der Waals surface area contributed by atoms with Gasteiger partial charge < -0.3 is 10.2 Å². The quantitative estimate of drug-likeness (QED) is 0.251. The molecule has 6 nitrogen and oxygen atoms in total. The number of guanidine groups is 1. The van der Waals surface area contributed by atoms with Crippen LogP contribution < -0.4 is 10.0 Å². The molecule has 1 aromatic carbocycles. The predicted molar refractivity (Wildman–Crippen MR) is 119 cm³/mol. The summed E-state index contributed by atoms with van der Waals surface area (Å²) >= 11 is 0. The molecule has 0 amide bonds. The number of hydrogen-bond donors (Lipinski definition) is 2. The first-order valence-electron chi connectivity index (χ1n) is 9.08. The van der Waals surface area contributed by atoms with E-state index in [1.54, 1.807) is 6.92 Å². The Labute approximate surface area is 174 Å². The lowest BCUT2D eigenvalue weighted by molar-refractivity contribution is 0.460. The molecule has 1 atom stereocenters. The fourth-order valence-electron chi connectivity index (χ4n) is 3.03. The van der Waals surface area contributed by atoms with Gasteiger partial charge in [0.2, 0.25) is 10.0 Å². The maximum atomic E-state index is 11.5. The van der Waals surface area contributed by atoms with Gasteiger partial charge in [-0.2, -0.15) is 0 Å². The van der Waals surface area contributed by atoms with Crippen LogP contribution in [0.15, 0.2) is 35.3 Å². The summed E-state index contributed by atoms with van der Waals surface area (Å²) in [5.41, 5.74) is 1.38. The highest BCUT2D eigenvalue weighted by Crippen LogP contribution is 2.20. The topological polar surface area (TPSA) is 73.8 Å². The van der Waals surface area contributed by atoms with Gasteiger partial charge in [-0.3, -0.25) is 4.99 Å². The zero-order chi connectivity index (χ0) is 18.1. The molecular weight excluding hydrogens is 463 g/mol. The second kappa shape index (κ2) is 11.8. The molecule has 1 aliphatic heterocycles. The van der Waals surface area contributed by atoms with Crippen LogP contribution in [0.2, 0.25) is 0 Å². The molecule has 1 fully saturated rings. The van der Waals surface area contributed by atoms with Crippen molar-refractivity contribution in [2.75, 3.05) is 38.5 Å². The van der Waals surface area contributed by atoms with Crippen LogP contribution in [0.3, 0.4) is 0 Å². The lowest BCUT2D eigenvalue weighted by Crippen LogP contribution is -2.40. The van der Waals surface area contributed by atoms with Gasteiger partial charge in [0.25, 0.3) is 0 Å². The van der Waals surface area contributed by atoms with Crippen molar-refractivity contribution in [3.63, 3.8) is 0 Å². The third-order valence-corrected chi connectivity index (χ3v) is 5.77. The van der Waals surface area contributed by atoms with E-state index < -0.39 is 10.0 Å². The van der Waals surface area contributed by atoms with Crippen LogP contribution in [0.5, 0.6) is 0 Å². The van der Waals surface area contributed by atoms with E-state index in [2.05, 4.69) is 44.2 Å². The van der Waals surface area contributed by atoms with Crippen LogP contribution in [-0.4, -0.2) is 57.8 Å². The van der Waals surface area contributed by atoms with E-state index in [1.165, 1.54) is 5.56 Å². The van der Waals surface area contributed by atoms with Crippen molar-refractivity contribution in [2.24, 2.45) is 10.9 Å². The van der Waals surface area contributed by atoms with Crippen LogP contribution in [0.25, 0.3) is 0 Å². The van der Waals surface area contributed by atoms with Crippen molar-refractivity contribution in [2.45, 2.75) is 26.7 Å². The van der Waals surface area contributed by atoms with Gasteiger partial charge in [-0.1, -0.05) is 30.3 Å². The van der Waals surface area contributed by atoms with Gasteiger partial charge in [0.1, 0.15) is 0 Å². The average molecular weight is 494 g/mol. The lowest BCUT2D eigenvalue weighted by atomic mass is 9.99. The van der Waals surface area contributed by atoms with Crippen molar-refractivity contribution in [1.82, 2.24) is 14.9 Å². The zero-order valence-electron chi connectivity index (χ0n) is 15.6. The fraction of sp³-hybridized carbons (Fsp3) is 0.611. The Morgan fingerprint density at radius 1 is 1.27 bits per heavy atom. The molecule has 8 heteroatoms. The first kappa shape index (κ1) is 23.2. The molecule has 0 spiro atoms. The Morgan fingerprint density at radius 3 is 2.65 bits per heavy atom. The number of halogens is 1. The number of sulfonamides is 1. The predicted octanol–water partition coefficient (Wildman–Crippen LogP) is 2.07. The van der Waals surface area contributed by atoms with Crippen LogP contribution in [0.1, 0.15) is 25.8 Å². The summed E-state index contributed by atoms with van der Waals surface area (Å²) in [7, 11) is -3.15. The first-order valence-corrected chi connectivity index (χ1v) is 10.7. The van der Waals surface area contributed by atoms with Gasteiger partial charge in [-0.05, 0) is 38.2 Å². The number of benzene rings is 1. The molecule has 2 N–H and O–H groups in total. The highest BCUT2D eigenvalue weighted by Gasteiger charge is 2.24. The monoisotopic (exact) mass is 494 g/mol. The molecule has 148 valence electrons. The third kappa shape index (κ3) is 7.79. The number of nitrogens with one attached hydrogen (secondary N) is 2. The van der Waals surface area contributed by atoms with Crippen LogP contribution in [-0.2, 0) is 16.4 Å². The van der Waals surface area contributed by atoms with E-state index in [1.807, 2.05) is 13.0 Å². The standard InChI is InChI=1S/C18H30N4O2S.HI/c1-3-19-18(20-11-12-21-25(23,24)4-2)22-13-10-17(15-22)14-16-8-6-5-7-9-16;/h5-9,17,21H,3-4,10-15H2,1-2H3,(H,19,20);1H. The molecule has 1 saturated heterocycles. The molecule has 0 bridgehead atoms. The Morgan fingerprint density at radius 2 is 2.00 bits per heavy atom.